The molecule has 0 unspecified atom stereocenters. The molecule has 0 fully saturated rings. The van der Waals surface area contributed by atoms with Gasteiger partial charge in [0, 0.05) is 0 Å². The van der Waals surface area contributed by atoms with Crippen LogP contribution in [0.25, 0.3) is 0 Å². The smallest absolute Gasteiger partial charge is 0.493 e. The van der Waals surface area contributed by atoms with Crippen LogP contribution >= 0.6 is 17.2 Å². The second-order valence-corrected chi connectivity index (χ2v) is 18.5. The van der Waals surface area contributed by atoms with Crippen LogP contribution in [0.4, 0.5) is 0 Å². The molecule has 0 heterocycles. The monoisotopic (exact) mass is 796 g/mol. The van der Waals surface area contributed by atoms with Gasteiger partial charge >= 0.3 is 17.2 Å². The number of methoxy groups -OCH3 is 4. The predicted octanol–water partition coefficient (Wildman–Crippen LogP) is 10.1. The van der Waals surface area contributed by atoms with Gasteiger partial charge in [-0.2, -0.15) is 0 Å². The van der Waals surface area contributed by atoms with Crippen LogP contribution in [0.3, 0.4) is 0 Å². The van der Waals surface area contributed by atoms with Gasteiger partial charge in [-0.15, -0.1) is 0 Å². The maximum absolute atomic E-state index is 6.72. The summed E-state index contributed by atoms with van der Waals surface area (Å²) in [6.07, 6.45) is 0. The van der Waals surface area contributed by atoms with Gasteiger partial charge in [0.05, 0.1) is 28.4 Å². The van der Waals surface area contributed by atoms with Crippen LogP contribution in [0.2, 0.25) is 13.1 Å². The van der Waals surface area contributed by atoms with E-state index in [0.717, 1.165) is 10.4 Å². The van der Waals surface area contributed by atoms with Gasteiger partial charge in [0.15, 0.2) is 46.0 Å². The predicted molar refractivity (Wildman–Crippen MR) is 219 cm³/mol. The van der Waals surface area contributed by atoms with Gasteiger partial charge in [-0.25, -0.2) is 0 Å². The fourth-order valence-electron chi connectivity index (χ4n) is 5.64. The lowest BCUT2D eigenvalue weighted by Gasteiger charge is -2.29. The third-order valence-electron chi connectivity index (χ3n) is 8.43. The summed E-state index contributed by atoms with van der Waals surface area (Å²) in [5, 5.41) is 1.96. The first-order chi connectivity index (χ1) is 26.8. The molecule has 0 saturated heterocycles. The van der Waals surface area contributed by atoms with Gasteiger partial charge in [-0.1, -0.05) is 98.0 Å². The average molecular weight is 797 g/mol. The topological polar surface area (TPSA) is 92.3 Å². The van der Waals surface area contributed by atoms with Crippen molar-refractivity contribution < 1.29 is 46.1 Å². The zero-order valence-electron chi connectivity index (χ0n) is 31.3. The van der Waals surface area contributed by atoms with Gasteiger partial charge in [-0.05, 0) is 71.0 Å². The Bertz CT molecular complexity index is 1920. The van der Waals surface area contributed by atoms with E-state index in [1.54, 1.807) is 52.7 Å². The van der Waals surface area contributed by atoms with Crippen LogP contribution in [0.5, 0.6) is 57.5 Å². The largest absolute Gasteiger partial charge is 0.530 e. The molecule has 284 valence electrons. The third-order valence-corrected chi connectivity index (χ3v) is 14.0. The molecule has 0 aliphatic carbocycles. The van der Waals surface area contributed by atoms with E-state index in [4.69, 9.17) is 46.1 Å². The quantitative estimate of drug-likeness (QED) is 0.0618. The van der Waals surface area contributed by atoms with E-state index in [1.165, 1.54) is 0 Å². The number of hydrogen-bond acceptors (Lipinski definition) is 10. The van der Waals surface area contributed by atoms with E-state index in [9.17, 15) is 0 Å². The van der Waals surface area contributed by atoms with Crippen molar-refractivity contribution >= 4 is 35.7 Å². The van der Waals surface area contributed by atoms with Crippen molar-refractivity contribution in [2.75, 3.05) is 28.4 Å². The van der Waals surface area contributed by atoms with Gasteiger partial charge in [-0.3, -0.25) is 0 Å². The first kappa shape index (κ1) is 39.1. The SMILES string of the molecule is COc1ccccc1OP(Oc1ccccc1OC)Oc1ccccc1[Si](C)(C)c1ccccc1OP(Oc1ccccc1OC)Oc1ccccc1OC. The maximum Gasteiger partial charge on any atom is 0.530 e. The summed E-state index contributed by atoms with van der Waals surface area (Å²) in [5.74, 6) is 5.24. The molecule has 10 nitrogen and oxygen atoms in total. The summed E-state index contributed by atoms with van der Waals surface area (Å²) in [5.41, 5.74) is 0. The molecular formula is C42H42O10P2Si. The first-order valence-corrected chi connectivity index (χ1v) is 22.4. The van der Waals surface area contributed by atoms with Crippen molar-refractivity contribution in [2.45, 2.75) is 13.1 Å². The number of ether oxygens (including phenoxy) is 4. The molecule has 0 bridgehead atoms. The van der Waals surface area contributed by atoms with Gasteiger partial charge in [0.25, 0.3) is 0 Å². The molecule has 6 aromatic rings. The van der Waals surface area contributed by atoms with Crippen LogP contribution in [-0.2, 0) is 0 Å². The third kappa shape index (κ3) is 9.56. The molecular weight excluding hydrogens is 754 g/mol. The first-order valence-electron chi connectivity index (χ1n) is 17.2. The Morgan fingerprint density at radius 2 is 0.491 bits per heavy atom. The lowest BCUT2D eigenvalue weighted by molar-refractivity contribution is 0.348. The minimum absolute atomic E-state index is 0.470. The molecule has 0 atom stereocenters. The standard InChI is InChI=1S/C42H42O10P2Si/c1-43-31-19-7-11-23-35(31)47-53(48-36-24-12-8-20-32(36)44-2)51-39-27-15-17-29-41(39)55(5,6)42-30-18-16-28-40(42)52-54(49-37-25-13-9-21-33(37)45-3)50-38-26-14-10-22-34(38)46-4/h7-30H,1-6H3. The summed E-state index contributed by atoms with van der Waals surface area (Å²) in [6.45, 7) is 4.46. The minimum atomic E-state index is -2.67. The average Bonchev–Trinajstić information content (AvgIpc) is 3.22. The number of para-hydroxylation sites is 10. The summed E-state index contributed by atoms with van der Waals surface area (Å²) in [6, 6.07) is 45.2. The lowest BCUT2D eigenvalue weighted by Crippen LogP contribution is -2.53. The van der Waals surface area contributed by atoms with E-state index >= 15 is 0 Å². The Balaban J connectivity index is 1.36. The molecule has 0 amide bonds. The molecule has 0 N–H and O–H groups in total. The Kier molecular flexibility index (Phi) is 13.2. The van der Waals surface area contributed by atoms with Gasteiger partial charge in [0.1, 0.15) is 19.6 Å². The van der Waals surface area contributed by atoms with Crippen molar-refractivity contribution in [2.24, 2.45) is 0 Å². The molecule has 55 heavy (non-hydrogen) atoms. The highest BCUT2D eigenvalue weighted by Crippen LogP contribution is 2.48. The Morgan fingerprint density at radius 3 is 0.745 bits per heavy atom. The maximum atomic E-state index is 6.72. The highest BCUT2D eigenvalue weighted by molar-refractivity contribution is 7.43. The number of rotatable bonds is 18. The highest BCUT2D eigenvalue weighted by Gasteiger charge is 2.36. The van der Waals surface area contributed by atoms with E-state index < -0.39 is 25.3 Å². The molecule has 0 saturated carbocycles. The Labute approximate surface area is 325 Å². The Morgan fingerprint density at radius 1 is 0.291 bits per heavy atom. The molecule has 6 rings (SSSR count). The van der Waals surface area contributed by atoms with Crippen molar-refractivity contribution in [1.29, 1.82) is 0 Å². The van der Waals surface area contributed by atoms with E-state index in [-0.39, 0.29) is 0 Å². The zero-order valence-corrected chi connectivity index (χ0v) is 34.1. The van der Waals surface area contributed by atoms with E-state index in [2.05, 4.69) is 25.2 Å². The minimum Gasteiger partial charge on any atom is -0.493 e. The van der Waals surface area contributed by atoms with Crippen LogP contribution in [-0.4, -0.2) is 36.5 Å². The second kappa shape index (κ2) is 18.6. The van der Waals surface area contributed by atoms with Crippen molar-refractivity contribution in [1.82, 2.24) is 0 Å². The van der Waals surface area contributed by atoms with Crippen molar-refractivity contribution in [3.63, 3.8) is 0 Å². The summed E-state index contributed by atoms with van der Waals surface area (Å²) >= 11 is 0. The summed E-state index contributed by atoms with van der Waals surface area (Å²) < 4.78 is 61.5. The molecule has 0 spiro atoms. The molecule has 0 aromatic heterocycles. The zero-order chi connectivity index (χ0) is 38.6. The second-order valence-electron chi connectivity index (χ2n) is 12.2. The molecule has 13 heteroatoms. The van der Waals surface area contributed by atoms with Crippen LogP contribution in [0, 0.1) is 0 Å². The Hall–Kier alpha value is -5.60. The van der Waals surface area contributed by atoms with Gasteiger partial charge in [0.2, 0.25) is 0 Å². The normalized spacial score (nSPS) is 11.1. The van der Waals surface area contributed by atoms with Crippen LogP contribution in [0.1, 0.15) is 0 Å². The number of benzene rings is 6. The lowest BCUT2D eigenvalue weighted by atomic mass is 10.3. The fourth-order valence-corrected chi connectivity index (χ4v) is 10.7. The van der Waals surface area contributed by atoms with Crippen molar-refractivity contribution in [3.8, 4) is 57.5 Å². The summed E-state index contributed by atoms with van der Waals surface area (Å²) in [4.78, 5) is 0. The van der Waals surface area contributed by atoms with E-state index in [1.807, 2.05) is 109 Å². The fraction of sp³-hybridized carbons (Fsp3) is 0.143. The molecule has 0 radical (unpaired) electrons. The molecule has 0 aliphatic heterocycles. The van der Waals surface area contributed by atoms with Gasteiger partial charge < -0.3 is 46.1 Å². The molecule has 6 aromatic carbocycles. The van der Waals surface area contributed by atoms with Crippen LogP contribution < -0.4 is 56.5 Å². The molecule has 0 aliphatic rings. The number of hydrogen-bond donors (Lipinski definition) is 0. The van der Waals surface area contributed by atoms with Crippen LogP contribution in [0.15, 0.2) is 146 Å². The van der Waals surface area contributed by atoms with Crippen molar-refractivity contribution in [3.05, 3.63) is 146 Å². The summed E-state index contributed by atoms with van der Waals surface area (Å²) in [7, 11) is -0.486. The van der Waals surface area contributed by atoms with E-state index in [0.29, 0.717) is 57.5 Å². The highest BCUT2D eigenvalue weighted by atomic mass is 31.2.